The first-order valence-electron chi connectivity index (χ1n) is 19.4. The lowest BCUT2D eigenvalue weighted by atomic mass is 9.93. The van der Waals surface area contributed by atoms with Crippen LogP contribution in [0.15, 0.2) is 67.0 Å². The normalized spacial score (nSPS) is 18.0. The van der Waals surface area contributed by atoms with E-state index in [0.29, 0.717) is 41.3 Å². The number of piperidine rings is 1. The van der Waals surface area contributed by atoms with Crippen LogP contribution in [0.4, 0.5) is 0 Å². The minimum absolute atomic E-state index is 0.145. The summed E-state index contributed by atoms with van der Waals surface area (Å²) in [6, 6.07) is 21.2. The van der Waals surface area contributed by atoms with Crippen molar-refractivity contribution in [1.82, 2.24) is 15.2 Å². The monoisotopic (exact) mass is 734 g/mol. The molecule has 1 saturated heterocycles. The van der Waals surface area contributed by atoms with Crippen LogP contribution in [-0.2, 0) is 19.6 Å². The largest absolute Gasteiger partial charge is 0.493 e. The van der Waals surface area contributed by atoms with Gasteiger partial charge in [0.15, 0.2) is 0 Å². The highest BCUT2D eigenvalue weighted by Crippen LogP contribution is 2.44. The van der Waals surface area contributed by atoms with Crippen molar-refractivity contribution in [2.75, 3.05) is 26.2 Å². The molecule has 1 aliphatic heterocycles. The summed E-state index contributed by atoms with van der Waals surface area (Å²) in [5.41, 5.74) is 8.34. The van der Waals surface area contributed by atoms with Crippen LogP contribution >= 0.6 is 11.6 Å². The fourth-order valence-electron chi connectivity index (χ4n) is 8.11. The number of nitrogens with zero attached hydrogens (tertiary/aromatic N) is 3. The summed E-state index contributed by atoms with van der Waals surface area (Å²) in [7, 11) is 0. The third kappa shape index (κ3) is 9.34. The third-order valence-electron chi connectivity index (χ3n) is 11.1. The average molecular weight is 735 g/mol. The molecule has 3 aliphatic rings. The van der Waals surface area contributed by atoms with Gasteiger partial charge in [-0.1, -0.05) is 61.2 Å². The summed E-state index contributed by atoms with van der Waals surface area (Å²) in [4.78, 5) is 6.63. The Balaban J connectivity index is 1.06. The zero-order chi connectivity index (χ0) is 36.6. The maximum Gasteiger partial charge on any atom is 0.142 e. The van der Waals surface area contributed by atoms with E-state index >= 15 is 0 Å². The summed E-state index contributed by atoms with van der Waals surface area (Å²) in [5, 5.41) is 23.5. The van der Waals surface area contributed by atoms with Gasteiger partial charge in [0.2, 0.25) is 0 Å². The van der Waals surface area contributed by atoms with Gasteiger partial charge < -0.3 is 29.5 Å². The summed E-state index contributed by atoms with van der Waals surface area (Å²) in [6.45, 7) is 6.65. The molecule has 3 aromatic carbocycles. The predicted octanol–water partition coefficient (Wildman–Crippen LogP) is 8.88. The molecule has 0 radical (unpaired) electrons. The summed E-state index contributed by atoms with van der Waals surface area (Å²) < 4.78 is 19.5. The minimum Gasteiger partial charge on any atom is -0.493 e. The number of nitrogens with one attached hydrogen (secondary N) is 1. The molecule has 1 atom stereocenters. The van der Waals surface area contributed by atoms with Gasteiger partial charge in [0.1, 0.15) is 36.0 Å². The van der Waals surface area contributed by atoms with Gasteiger partial charge >= 0.3 is 0 Å². The third-order valence-corrected chi connectivity index (χ3v) is 11.4. The molecule has 0 spiro atoms. The Hall–Kier alpha value is -4.13. The van der Waals surface area contributed by atoms with Crippen LogP contribution in [0.5, 0.6) is 17.2 Å². The second-order valence-electron chi connectivity index (χ2n) is 14.8. The smallest absolute Gasteiger partial charge is 0.142 e. The van der Waals surface area contributed by atoms with Gasteiger partial charge in [-0.05, 0) is 97.9 Å². The summed E-state index contributed by atoms with van der Waals surface area (Å²) >= 11 is 6.97. The topological polar surface area (TPSA) is 99.9 Å². The van der Waals surface area contributed by atoms with Crippen molar-refractivity contribution in [2.45, 2.75) is 103 Å². The lowest BCUT2D eigenvalue weighted by Gasteiger charge is -2.29. The number of aromatic nitrogens is 1. The molecule has 9 heteroatoms. The maximum atomic E-state index is 9.80. The Labute approximate surface area is 319 Å². The molecular weight excluding hydrogens is 684 g/mol. The fourth-order valence-corrected chi connectivity index (χ4v) is 8.34. The van der Waals surface area contributed by atoms with E-state index in [-0.39, 0.29) is 18.8 Å². The van der Waals surface area contributed by atoms with Crippen molar-refractivity contribution >= 4 is 11.6 Å². The van der Waals surface area contributed by atoms with Crippen molar-refractivity contribution < 1.29 is 19.3 Å². The van der Waals surface area contributed by atoms with E-state index in [2.05, 4.69) is 64.6 Å². The first kappa shape index (κ1) is 37.2. The quantitative estimate of drug-likeness (QED) is 0.124. The highest BCUT2D eigenvalue weighted by Gasteiger charge is 2.28. The van der Waals surface area contributed by atoms with Gasteiger partial charge in [-0.15, -0.1) is 0 Å². The molecular formula is C44H51ClN4O4. The molecule has 1 saturated carbocycles. The van der Waals surface area contributed by atoms with Crippen LogP contribution < -0.4 is 19.5 Å². The SMILES string of the molecule is Cc1c(OCCCN2CCC(O)CC2)cccc1-c1cccc2c1CC[C@@H]2Oc1cc(OCc2cncc(C#N)c2)c(CNC2CCCCC2)cc1Cl. The summed E-state index contributed by atoms with van der Waals surface area (Å²) in [6.07, 6.45) is 13.6. The summed E-state index contributed by atoms with van der Waals surface area (Å²) in [5.74, 6) is 2.24. The number of hydrogen-bond acceptors (Lipinski definition) is 8. The van der Waals surface area contributed by atoms with E-state index in [9.17, 15) is 10.4 Å². The number of aliphatic hydroxyl groups excluding tert-OH is 1. The van der Waals surface area contributed by atoms with Gasteiger partial charge in [0.25, 0.3) is 0 Å². The molecule has 2 aliphatic carbocycles. The second-order valence-corrected chi connectivity index (χ2v) is 15.2. The number of likely N-dealkylation sites (tertiary alicyclic amines) is 1. The molecule has 4 aromatic rings. The van der Waals surface area contributed by atoms with Crippen LogP contribution in [0.2, 0.25) is 5.02 Å². The molecule has 8 nitrogen and oxygen atoms in total. The van der Waals surface area contributed by atoms with Crippen LogP contribution in [0.3, 0.4) is 0 Å². The molecule has 2 fully saturated rings. The van der Waals surface area contributed by atoms with Gasteiger partial charge in [-0.2, -0.15) is 5.26 Å². The van der Waals surface area contributed by atoms with Crippen LogP contribution in [-0.4, -0.2) is 53.4 Å². The Morgan fingerprint density at radius 1 is 0.925 bits per heavy atom. The number of pyridine rings is 1. The van der Waals surface area contributed by atoms with Gasteiger partial charge in [-0.3, -0.25) is 4.98 Å². The first-order valence-corrected chi connectivity index (χ1v) is 19.8. The zero-order valence-corrected chi connectivity index (χ0v) is 31.5. The second kappa shape index (κ2) is 17.8. The van der Waals surface area contributed by atoms with Crippen molar-refractivity contribution in [3.63, 3.8) is 0 Å². The highest BCUT2D eigenvalue weighted by atomic mass is 35.5. The van der Waals surface area contributed by atoms with E-state index in [1.54, 1.807) is 18.5 Å². The predicted molar refractivity (Wildman–Crippen MR) is 209 cm³/mol. The fraction of sp³-hybridized carbons (Fsp3) is 0.455. The number of rotatable bonds is 14. The van der Waals surface area contributed by atoms with Gasteiger partial charge in [0.05, 0.1) is 23.3 Å². The maximum absolute atomic E-state index is 9.80. The zero-order valence-electron chi connectivity index (χ0n) is 30.8. The van der Waals surface area contributed by atoms with Crippen molar-refractivity contribution in [1.29, 1.82) is 5.26 Å². The Bertz CT molecular complexity index is 1900. The lowest BCUT2D eigenvalue weighted by Crippen LogP contribution is -2.36. The Morgan fingerprint density at radius 2 is 1.74 bits per heavy atom. The van der Waals surface area contributed by atoms with Gasteiger partial charge in [0, 0.05) is 61.8 Å². The van der Waals surface area contributed by atoms with Gasteiger partial charge in [-0.25, -0.2) is 0 Å². The van der Waals surface area contributed by atoms with E-state index < -0.39 is 0 Å². The molecule has 1 aromatic heterocycles. The highest BCUT2D eigenvalue weighted by molar-refractivity contribution is 6.32. The number of ether oxygens (including phenoxy) is 3. The van der Waals surface area contributed by atoms with Crippen molar-refractivity contribution in [3.05, 3.63) is 105 Å². The minimum atomic E-state index is -0.145. The van der Waals surface area contributed by atoms with Crippen molar-refractivity contribution in [2.24, 2.45) is 0 Å². The average Bonchev–Trinajstić information content (AvgIpc) is 3.60. The molecule has 53 heavy (non-hydrogen) atoms. The van der Waals surface area contributed by atoms with E-state index in [0.717, 1.165) is 74.2 Å². The molecule has 0 unspecified atom stereocenters. The van der Waals surface area contributed by atoms with Crippen molar-refractivity contribution in [3.8, 4) is 34.4 Å². The number of benzene rings is 3. The van der Waals surface area contributed by atoms with Crippen LogP contribution in [0.25, 0.3) is 11.1 Å². The van der Waals surface area contributed by atoms with E-state index in [4.69, 9.17) is 25.8 Å². The number of aliphatic hydroxyl groups is 1. The van der Waals surface area contributed by atoms with Crippen LogP contribution in [0, 0.1) is 18.3 Å². The molecule has 0 bridgehead atoms. The van der Waals surface area contributed by atoms with E-state index in [1.165, 1.54) is 54.4 Å². The molecule has 2 heterocycles. The number of halogens is 1. The standard InChI is InChI=1S/C44H51ClN4O4/c1-30-36(10-6-13-41(30)51-21-7-18-49-19-16-35(50)17-20-49)37-11-5-12-39-38(37)14-15-42(39)53-44-24-43(52-29-32-22-31(25-46)26-47-27-32)33(23-40(44)45)28-48-34-8-3-2-4-9-34/h5-6,10-13,22-24,26-27,34-35,42,48,50H,2-4,7-9,14-21,28-29H2,1H3/t42-/m0/s1. The molecule has 0 amide bonds. The number of hydrogen-bond donors (Lipinski definition) is 2. The molecule has 2 N–H and O–H groups in total. The number of nitriles is 1. The van der Waals surface area contributed by atoms with Crippen LogP contribution in [0.1, 0.15) is 97.3 Å². The number of fused-ring (bicyclic) bond motifs is 1. The Morgan fingerprint density at radius 3 is 2.57 bits per heavy atom. The van der Waals surface area contributed by atoms with E-state index in [1.807, 2.05) is 12.1 Å². The Kier molecular flexibility index (Phi) is 12.5. The molecule has 7 rings (SSSR count). The molecule has 278 valence electrons. The lowest BCUT2D eigenvalue weighted by molar-refractivity contribution is 0.0800. The first-order chi connectivity index (χ1) is 25.9.